The highest BCUT2D eigenvalue weighted by molar-refractivity contribution is 6.30. The number of hydrogen-bond donors (Lipinski definition) is 2. The summed E-state index contributed by atoms with van der Waals surface area (Å²) in [5.41, 5.74) is 3.37. The molecular weight excluding hydrogens is 348 g/mol. The van der Waals surface area contributed by atoms with Crippen LogP contribution in [0.3, 0.4) is 0 Å². The van der Waals surface area contributed by atoms with Gasteiger partial charge in [0.25, 0.3) is 5.91 Å². The highest BCUT2D eigenvalue weighted by Crippen LogP contribution is 2.19. The van der Waals surface area contributed by atoms with Crippen LogP contribution in [0.4, 0.5) is 5.69 Å². The van der Waals surface area contributed by atoms with E-state index in [2.05, 4.69) is 10.6 Å². The predicted octanol–water partition coefficient (Wildman–Crippen LogP) is 4.74. The molecule has 2 rings (SSSR count). The van der Waals surface area contributed by atoms with E-state index < -0.39 is 6.04 Å². The van der Waals surface area contributed by atoms with E-state index in [0.29, 0.717) is 17.0 Å². The van der Waals surface area contributed by atoms with Gasteiger partial charge in [0.15, 0.2) is 0 Å². The summed E-state index contributed by atoms with van der Waals surface area (Å²) >= 11 is 5.86. The first-order valence-electron chi connectivity index (χ1n) is 8.71. The van der Waals surface area contributed by atoms with Crippen molar-refractivity contribution in [2.45, 2.75) is 40.2 Å². The van der Waals surface area contributed by atoms with E-state index in [4.69, 9.17) is 11.6 Å². The Balaban J connectivity index is 2.15. The minimum absolute atomic E-state index is 0.213. The maximum Gasteiger partial charge on any atom is 0.251 e. The van der Waals surface area contributed by atoms with E-state index in [0.717, 1.165) is 16.8 Å². The lowest BCUT2D eigenvalue weighted by Gasteiger charge is -2.21. The lowest BCUT2D eigenvalue weighted by atomic mass is 10.0. The quantitative estimate of drug-likeness (QED) is 0.769. The summed E-state index contributed by atoms with van der Waals surface area (Å²) in [7, 11) is 0. The molecule has 2 N–H and O–H groups in total. The molecule has 0 radical (unpaired) electrons. The van der Waals surface area contributed by atoms with Crippen LogP contribution in [0.25, 0.3) is 0 Å². The Kier molecular flexibility index (Phi) is 6.81. The molecular formula is C21H25ClN2O2. The number of carbonyl (C=O) groups is 2. The first kappa shape index (κ1) is 20.0. The molecule has 0 aliphatic rings. The minimum Gasteiger partial charge on any atom is -0.340 e. The van der Waals surface area contributed by atoms with Crippen molar-refractivity contribution in [1.82, 2.24) is 5.32 Å². The average Bonchev–Trinajstić information content (AvgIpc) is 2.58. The zero-order chi connectivity index (χ0) is 19.3. The summed E-state index contributed by atoms with van der Waals surface area (Å²) in [6.07, 6.45) is 0.552. The average molecular weight is 373 g/mol. The largest absolute Gasteiger partial charge is 0.340 e. The van der Waals surface area contributed by atoms with E-state index in [1.807, 2.05) is 45.9 Å². The van der Waals surface area contributed by atoms with Gasteiger partial charge < -0.3 is 10.6 Å². The van der Waals surface area contributed by atoms with Crippen LogP contribution in [0, 0.1) is 19.8 Å². The molecule has 0 saturated carbocycles. The molecule has 1 unspecified atom stereocenters. The highest BCUT2D eigenvalue weighted by Gasteiger charge is 2.23. The molecule has 4 nitrogen and oxygen atoms in total. The molecule has 2 amide bonds. The summed E-state index contributed by atoms with van der Waals surface area (Å²) in [6, 6.07) is 11.8. The Bertz CT molecular complexity index is 785. The SMILES string of the molecule is Cc1cccc(NC(=O)C(CC(C)C)NC(=O)c2ccc(Cl)cc2)c1C. The third-order valence-corrected chi connectivity index (χ3v) is 4.55. The number of halogens is 1. The molecule has 0 saturated heterocycles. The van der Waals surface area contributed by atoms with E-state index in [-0.39, 0.29) is 17.7 Å². The van der Waals surface area contributed by atoms with Crippen LogP contribution in [-0.4, -0.2) is 17.9 Å². The van der Waals surface area contributed by atoms with Crippen LogP contribution >= 0.6 is 11.6 Å². The molecule has 0 bridgehead atoms. The number of benzene rings is 2. The molecule has 0 heterocycles. The summed E-state index contributed by atoms with van der Waals surface area (Å²) in [5, 5.41) is 6.35. The molecule has 26 heavy (non-hydrogen) atoms. The van der Waals surface area contributed by atoms with Crippen LogP contribution in [0.1, 0.15) is 41.8 Å². The van der Waals surface area contributed by atoms with Gasteiger partial charge in [0.1, 0.15) is 6.04 Å². The fourth-order valence-corrected chi connectivity index (χ4v) is 2.78. The molecule has 1 atom stereocenters. The smallest absolute Gasteiger partial charge is 0.251 e. The third kappa shape index (κ3) is 5.33. The van der Waals surface area contributed by atoms with E-state index >= 15 is 0 Å². The molecule has 2 aromatic carbocycles. The first-order valence-corrected chi connectivity index (χ1v) is 9.09. The van der Waals surface area contributed by atoms with Gasteiger partial charge in [0, 0.05) is 16.3 Å². The van der Waals surface area contributed by atoms with Crippen LogP contribution in [-0.2, 0) is 4.79 Å². The van der Waals surface area contributed by atoms with Gasteiger partial charge in [-0.25, -0.2) is 0 Å². The van der Waals surface area contributed by atoms with Crippen molar-refractivity contribution in [2.75, 3.05) is 5.32 Å². The van der Waals surface area contributed by atoms with Crippen molar-refractivity contribution >= 4 is 29.1 Å². The summed E-state index contributed by atoms with van der Waals surface area (Å²) in [5.74, 6) is -0.243. The fraction of sp³-hybridized carbons (Fsp3) is 0.333. The predicted molar refractivity (Wildman–Crippen MR) is 107 cm³/mol. The second kappa shape index (κ2) is 8.86. The molecule has 0 aromatic heterocycles. The van der Waals surface area contributed by atoms with Gasteiger partial charge >= 0.3 is 0 Å². The van der Waals surface area contributed by atoms with Gasteiger partial charge in [-0.15, -0.1) is 0 Å². The second-order valence-corrected chi connectivity index (χ2v) is 7.34. The van der Waals surface area contributed by atoms with Gasteiger partial charge in [-0.1, -0.05) is 37.6 Å². The van der Waals surface area contributed by atoms with Gasteiger partial charge in [0.05, 0.1) is 0 Å². The Morgan fingerprint density at radius 3 is 2.31 bits per heavy atom. The maximum atomic E-state index is 12.8. The fourth-order valence-electron chi connectivity index (χ4n) is 2.65. The summed E-state index contributed by atoms with van der Waals surface area (Å²) in [4.78, 5) is 25.3. The van der Waals surface area contributed by atoms with Crippen molar-refractivity contribution in [3.05, 3.63) is 64.2 Å². The van der Waals surface area contributed by atoms with Crippen molar-refractivity contribution in [3.63, 3.8) is 0 Å². The normalized spacial score (nSPS) is 11.9. The Morgan fingerprint density at radius 1 is 1.04 bits per heavy atom. The van der Waals surface area contributed by atoms with Crippen LogP contribution in [0.2, 0.25) is 5.02 Å². The number of anilines is 1. The topological polar surface area (TPSA) is 58.2 Å². The molecule has 138 valence electrons. The monoisotopic (exact) mass is 372 g/mol. The van der Waals surface area contributed by atoms with Gasteiger partial charge in [-0.3, -0.25) is 9.59 Å². The number of amides is 2. The molecule has 0 fully saturated rings. The lowest BCUT2D eigenvalue weighted by molar-refractivity contribution is -0.118. The molecule has 0 spiro atoms. The van der Waals surface area contributed by atoms with Crippen molar-refractivity contribution < 1.29 is 9.59 Å². The maximum absolute atomic E-state index is 12.8. The lowest BCUT2D eigenvalue weighted by Crippen LogP contribution is -2.44. The van der Waals surface area contributed by atoms with Gasteiger partial charge in [-0.05, 0) is 67.6 Å². The molecule has 5 heteroatoms. The third-order valence-electron chi connectivity index (χ3n) is 4.30. The first-order chi connectivity index (χ1) is 12.3. The van der Waals surface area contributed by atoms with Gasteiger partial charge in [0.2, 0.25) is 5.91 Å². The van der Waals surface area contributed by atoms with Crippen LogP contribution in [0.15, 0.2) is 42.5 Å². The van der Waals surface area contributed by atoms with Crippen molar-refractivity contribution in [1.29, 1.82) is 0 Å². The Hall–Kier alpha value is -2.33. The standard InChI is InChI=1S/C21H25ClN2O2/c1-13(2)12-19(24-20(25)16-8-10-17(22)11-9-16)21(26)23-18-7-5-6-14(3)15(18)4/h5-11,13,19H,12H2,1-4H3,(H,23,26)(H,24,25). The highest BCUT2D eigenvalue weighted by atomic mass is 35.5. The Morgan fingerprint density at radius 2 is 1.69 bits per heavy atom. The van der Waals surface area contributed by atoms with Gasteiger partial charge in [-0.2, -0.15) is 0 Å². The molecule has 2 aromatic rings. The van der Waals surface area contributed by atoms with E-state index in [1.165, 1.54) is 0 Å². The number of aryl methyl sites for hydroxylation is 1. The zero-order valence-corrected chi connectivity index (χ0v) is 16.4. The number of nitrogens with one attached hydrogen (secondary N) is 2. The van der Waals surface area contributed by atoms with E-state index in [1.54, 1.807) is 24.3 Å². The summed E-state index contributed by atoms with van der Waals surface area (Å²) in [6.45, 7) is 8.01. The number of hydrogen-bond acceptors (Lipinski definition) is 2. The van der Waals surface area contributed by atoms with Crippen LogP contribution in [0.5, 0.6) is 0 Å². The summed E-state index contributed by atoms with van der Waals surface area (Å²) < 4.78 is 0. The molecule has 0 aliphatic heterocycles. The van der Waals surface area contributed by atoms with E-state index in [9.17, 15) is 9.59 Å². The second-order valence-electron chi connectivity index (χ2n) is 6.90. The van der Waals surface area contributed by atoms with Crippen LogP contribution < -0.4 is 10.6 Å². The molecule has 0 aliphatic carbocycles. The number of rotatable bonds is 6. The van der Waals surface area contributed by atoms with Crippen molar-refractivity contribution in [2.24, 2.45) is 5.92 Å². The van der Waals surface area contributed by atoms with Crippen molar-refractivity contribution in [3.8, 4) is 0 Å². The Labute approximate surface area is 159 Å². The number of carbonyl (C=O) groups excluding carboxylic acids is 2. The zero-order valence-electron chi connectivity index (χ0n) is 15.6. The minimum atomic E-state index is -0.613.